The number of nitrogens with one attached hydrogen (secondary N) is 2. The van der Waals surface area contributed by atoms with Crippen LogP contribution in [0.4, 0.5) is 5.13 Å². The van der Waals surface area contributed by atoms with Crippen molar-refractivity contribution < 1.29 is 4.79 Å². The normalized spacial score (nSPS) is 10.1. The molecule has 0 spiro atoms. The summed E-state index contributed by atoms with van der Waals surface area (Å²) < 4.78 is 0. The summed E-state index contributed by atoms with van der Waals surface area (Å²) in [5, 5.41) is 8.19. The second-order valence-corrected chi connectivity index (χ2v) is 3.83. The summed E-state index contributed by atoms with van der Waals surface area (Å²) in [6.45, 7) is 2.43. The maximum absolute atomic E-state index is 11.2. The van der Waals surface area contributed by atoms with Crippen LogP contribution in [0.3, 0.4) is 0 Å². The van der Waals surface area contributed by atoms with Crippen LogP contribution in [-0.2, 0) is 11.2 Å². The van der Waals surface area contributed by atoms with E-state index in [9.17, 15) is 4.79 Å². The van der Waals surface area contributed by atoms with Gasteiger partial charge in [0.1, 0.15) is 0 Å². The van der Waals surface area contributed by atoms with Crippen LogP contribution in [0, 0.1) is 0 Å². The van der Waals surface area contributed by atoms with E-state index < -0.39 is 0 Å². The summed E-state index contributed by atoms with van der Waals surface area (Å²) in [4.78, 5) is 15.5. The Labute approximate surface area is 87.7 Å². The number of rotatable bonds is 5. The van der Waals surface area contributed by atoms with Crippen molar-refractivity contribution >= 4 is 22.4 Å². The van der Waals surface area contributed by atoms with E-state index >= 15 is 0 Å². The Bertz CT molecular complexity index is 298. The molecule has 4 nitrogen and oxygen atoms in total. The Hall–Kier alpha value is -0.940. The molecule has 0 aromatic carbocycles. The average molecular weight is 213 g/mol. The van der Waals surface area contributed by atoms with Gasteiger partial charge >= 0.3 is 0 Å². The van der Waals surface area contributed by atoms with Crippen LogP contribution < -0.4 is 10.6 Å². The lowest BCUT2D eigenvalue weighted by Crippen LogP contribution is -2.24. The Morgan fingerprint density at radius 1 is 1.64 bits per heavy atom. The van der Waals surface area contributed by atoms with E-state index in [2.05, 4.69) is 22.5 Å². The number of anilines is 1. The van der Waals surface area contributed by atoms with E-state index in [1.165, 1.54) is 11.3 Å². The largest absolute Gasteiger partial charge is 0.311 e. The molecule has 0 radical (unpaired) electrons. The highest BCUT2D eigenvalue weighted by molar-refractivity contribution is 7.13. The van der Waals surface area contributed by atoms with Gasteiger partial charge in [0.05, 0.1) is 12.2 Å². The van der Waals surface area contributed by atoms with E-state index in [1.807, 2.05) is 5.38 Å². The number of carbonyl (C=O) groups excluding carboxylic acids is 1. The van der Waals surface area contributed by atoms with Crippen molar-refractivity contribution in [1.82, 2.24) is 10.3 Å². The van der Waals surface area contributed by atoms with Crippen molar-refractivity contribution in [3.05, 3.63) is 11.1 Å². The first kappa shape index (κ1) is 11.1. The number of thiazole rings is 1. The molecule has 2 N–H and O–H groups in total. The molecule has 1 aromatic rings. The Balaban J connectivity index is 2.46. The molecule has 0 bridgehead atoms. The van der Waals surface area contributed by atoms with Crippen LogP contribution >= 0.6 is 11.3 Å². The van der Waals surface area contributed by atoms with Crippen molar-refractivity contribution in [2.75, 3.05) is 18.9 Å². The third kappa shape index (κ3) is 3.43. The van der Waals surface area contributed by atoms with Crippen LogP contribution in [0.2, 0.25) is 0 Å². The van der Waals surface area contributed by atoms with E-state index in [0.29, 0.717) is 11.7 Å². The van der Waals surface area contributed by atoms with Gasteiger partial charge in [0, 0.05) is 5.38 Å². The number of hydrogen-bond donors (Lipinski definition) is 2. The van der Waals surface area contributed by atoms with Crippen molar-refractivity contribution in [2.45, 2.75) is 19.8 Å². The summed E-state index contributed by atoms with van der Waals surface area (Å²) >= 11 is 1.47. The summed E-state index contributed by atoms with van der Waals surface area (Å²) in [5.74, 6) is -0.0510. The molecule has 0 saturated heterocycles. The molecule has 0 aliphatic rings. The molecule has 1 aromatic heterocycles. The van der Waals surface area contributed by atoms with Crippen molar-refractivity contribution in [3.8, 4) is 0 Å². The molecular weight excluding hydrogens is 198 g/mol. The summed E-state index contributed by atoms with van der Waals surface area (Å²) in [6, 6.07) is 0. The third-order valence-electron chi connectivity index (χ3n) is 1.64. The number of likely N-dealkylation sites (N-methyl/N-ethyl adjacent to an activating group) is 1. The monoisotopic (exact) mass is 213 g/mol. The van der Waals surface area contributed by atoms with E-state index in [-0.39, 0.29) is 5.91 Å². The van der Waals surface area contributed by atoms with Gasteiger partial charge in [-0.15, -0.1) is 11.3 Å². The Morgan fingerprint density at radius 2 is 2.43 bits per heavy atom. The third-order valence-corrected chi connectivity index (χ3v) is 2.45. The molecule has 0 aliphatic carbocycles. The topological polar surface area (TPSA) is 54.0 Å². The fraction of sp³-hybridized carbons (Fsp3) is 0.556. The van der Waals surface area contributed by atoms with Gasteiger partial charge in [-0.25, -0.2) is 4.98 Å². The molecule has 0 fully saturated rings. The van der Waals surface area contributed by atoms with Crippen LogP contribution in [0.5, 0.6) is 0 Å². The van der Waals surface area contributed by atoms with Gasteiger partial charge in [0.15, 0.2) is 5.13 Å². The molecule has 0 saturated carbocycles. The van der Waals surface area contributed by atoms with Crippen LogP contribution in [0.15, 0.2) is 5.38 Å². The van der Waals surface area contributed by atoms with Gasteiger partial charge in [0.25, 0.3) is 0 Å². The zero-order valence-electron chi connectivity index (χ0n) is 8.46. The summed E-state index contributed by atoms with van der Waals surface area (Å²) in [6.07, 6.45) is 2.05. The van der Waals surface area contributed by atoms with Crippen LogP contribution in [0.25, 0.3) is 0 Å². The smallest absolute Gasteiger partial charge is 0.240 e. The van der Waals surface area contributed by atoms with Gasteiger partial charge < -0.3 is 10.6 Å². The number of amides is 1. The highest BCUT2D eigenvalue weighted by Crippen LogP contribution is 2.15. The van der Waals surface area contributed by atoms with Gasteiger partial charge in [-0.05, 0) is 13.5 Å². The fourth-order valence-corrected chi connectivity index (χ4v) is 1.82. The van der Waals surface area contributed by atoms with Crippen molar-refractivity contribution in [3.63, 3.8) is 0 Å². The molecule has 0 atom stereocenters. The molecule has 1 amide bonds. The second kappa shape index (κ2) is 5.72. The second-order valence-electron chi connectivity index (χ2n) is 2.97. The minimum absolute atomic E-state index is 0.0510. The zero-order valence-corrected chi connectivity index (χ0v) is 9.28. The highest BCUT2D eigenvalue weighted by Gasteiger charge is 2.04. The van der Waals surface area contributed by atoms with Gasteiger partial charge in [0.2, 0.25) is 5.91 Å². The fourth-order valence-electron chi connectivity index (χ4n) is 1.06. The maximum Gasteiger partial charge on any atom is 0.240 e. The number of aryl methyl sites for hydroxylation is 1. The number of nitrogens with zero attached hydrogens (tertiary/aromatic N) is 1. The van der Waals surface area contributed by atoms with Gasteiger partial charge in [-0.2, -0.15) is 0 Å². The summed E-state index contributed by atoms with van der Waals surface area (Å²) in [5.41, 5.74) is 1.05. The van der Waals surface area contributed by atoms with Crippen LogP contribution in [0.1, 0.15) is 19.0 Å². The molecule has 0 aliphatic heterocycles. The SMILES string of the molecule is CCCc1csc(NC(=O)CNC)n1. The van der Waals surface area contributed by atoms with Crippen LogP contribution in [-0.4, -0.2) is 24.5 Å². The lowest BCUT2D eigenvalue weighted by Gasteiger charge is -1.99. The van der Waals surface area contributed by atoms with Crippen molar-refractivity contribution in [1.29, 1.82) is 0 Å². The van der Waals surface area contributed by atoms with E-state index in [0.717, 1.165) is 18.5 Å². The average Bonchev–Trinajstić information content (AvgIpc) is 2.53. The molecule has 0 unspecified atom stereocenters. The first-order valence-electron chi connectivity index (χ1n) is 4.65. The first-order chi connectivity index (χ1) is 6.76. The molecule has 78 valence electrons. The standard InChI is InChI=1S/C9H15N3OS/c1-3-4-7-6-14-9(11-7)12-8(13)5-10-2/h6,10H,3-5H2,1-2H3,(H,11,12,13). The number of hydrogen-bond acceptors (Lipinski definition) is 4. The number of carbonyl (C=O) groups is 1. The Kier molecular flexibility index (Phi) is 4.55. The predicted molar refractivity (Wildman–Crippen MR) is 58.7 cm³/mol. The highest BCUT2D eigenvalue weighted by atomic mass is 32.1. The van der Waals surface area contributed by atoms with E-state index in [4.69, 9.17) is 0 Å². The quantitative estimate of drug-likeness (QED) is 0.774. The van der Waals surface area contributed by atoms with Crippen molar-refractivity contribution in [2.24, 2.45) is 0 Å². The number of aromatic nitrogens is 1. The Morgan fingerprint density at radius 3 is 3.07 bits per heavy atom. The lowest BCUT2D eigenvalue weighted by atomic mass is 10.3. The zero-order chi connectivity index (χ0) is 10.4. The molecule has 14 heavy (non-hydrogen) atoms. The predicted octanol–water partition coefficient (Wildman–Crippen LogP) is 1.25. The molecular formula is C9H15N3OS. The molecule has 5 heteroatoms. The first-order valence-corrected chi connectivity index (χ1v) is 5.53. The molecule has 1 heterocycles. The van der Waals surface area contributed by atoms with Gasteiger partial charge in [-0.3, -0.25) is 4.79 Å². The molecule has 1 rings (SSSR count). The van der Waals surface area contributed by atoms with E-state index in [1.54, 1.807) is 7.05 Å². The van der Waals surface area contributed by atoms with Gasteiger partial charge in [-0.1, -0.05) is 13.3 Å². The lowest BCUT2D eigenvalue weighted by molar-refractivity contribution is -0.115. The maximum atomic E-state index is 11.2. The minimum Gasteiger partial charge on any atom is -0.311 e. The minimum atomic E-state index is -0.0510. The summed E-state index contributed by atoms with van der Waals surface area (Å²) in [7, 11) is 1.74.